The second kappa shape index (κ2) is 6.66. The van der Waals surface area contributed by atoms with Gasteiger partial charge in [-0.25, -0.2) is 0 Å². The van der Waals surface area contributed by atoms with Gasteiger partial charge in [0.05, 0.1) is 0 Å². The Bertz CT molecular complexity index is 476. The SMILES string of the molecule is CCNC(CC1CC2CCC1C2)c1cc(I)ccc1Br. The molecule has 0 aliphatic heterocycles. The summed E-state index contributed by atoms with van der Waals surface area (Å²) < 4.78 is 2.59. The molecule has 3 heteroatoms. The number of benzene rings is 1. The first-order valence-electron chi connectivity index (χ1n) is 7.85. The predicted molar refractivity (Wildman–Crippen MR) is 96.8 cm³/mol. The topological polar surface area (TPSA) is 12.0 Å². The molecule has 1 N–H and O–H groups in total. The van der Waals surface area contributed by atoms with Crippen LogP contribution < -0.4 is 5.32 Å². The minimum absolute atomic E-state index is 0.508. The normalized spacial score (nSPS) is 29.9. The largest absolute Gasteiger partial charge is 0.310 e. The van der Waals surface area contributed by atoms with E-state index in [-0.39, 0.29) is 0 Å². The van der Waals surface area contributed by atoms with Crippen LogP contribution in [-0.4, -0.2) is 6.54 Å². The van der Waals surface area contributed by atoms with Crippen LogP contribution in [0.2, 0.25) is 0 Å². The fourth-order valence-electron chi connectivity index (χ4n) is 4.32. The zero-order valence-electron chi connectivity index (χ0n) is 12.0. The van der Waals surface area contributed by atoms with E-state index in [0.717, 1.165) is 24.3 Å². The van der Waals surface area contributed by atoms with Crippen molar-refractivity contribution in [2.45, 2.75) is 45.1 Å². The highest BCUT2D eigenvalue weighted by Gasteiger charge is 2.40. The van der Waals surface area contributed by atoms with Crippen molar-refractivity contribution in [1.82, 2.24) is 5.32 Å². The molecule has 1 aromatic rings. The van der Waals surface area contributed by atoms with Crippen molar-refractivity contribution >= 4 is 38.5 Å². The van der Waals surface area contributed by atoms with Gasteiger partial charge in [0.15, 0.2) is 0 Å². The fourth-order valence-corrected chi connectivity index (χ4v) is 5.35. The van der Waals surface area contributed by atoms with E-state index in [1.807, 2.05) is 0 Å². The van der Waals surface area contributed by atoms with Crippen molar-refractivity contribution in [1.29, 1.82) is 0 Å². The van der Waals surface area contributed by atoms with Gasteiger partial charge in [0, 0.05) is 14.1 Å². The Labute approximate surface area is 144 Å². The molecular formula is C17H23BrIN. The maximum absolute atomic E-state index is 3.75. The number of halogens is 2. The van der Waals surface area contributed by atoms with Gasteiger partial charge in [0.1, 0.15) is 0 Å². The van der Waals surface area contributed by atoms with Crippen molar-refractivity contribution < 1.29 is 0 Å². The minimum atomic E-state index is 0.508. The second-order valence-electron chi connectivity index (χ2n) is 6.45. The Morgan fingerprint density at radius 1 is 1.35 bits per heavy atom. The van der Waals surface area contributed by atoms with Crippen molar-refractivity contribution in [3.8, 4) is 0 Å². The first kappa shape index (κ1) is 15.3. The molecule has 2 fully saturated rings. The van der Waals surface area contributed by atoms with E-state index in [9.17, 15) is 0 Å². The first-order valence-corrected chi connectivity index (χ1v) is 9.73. The highest BCUT2D eigenvalue weighted by Crippen LogP contribution is 2.51. The first-order chi connectivity index (χ1) is 9.67. The van der Waals surface area contributed by atoms with Crippen molar-refractivity contribution in [3.63, 3.8) is 0 Å². The molecule has 0 radical (unpaired) electrons. The van der Waals surface area contributed by atoms with Crippen LogP contribution in [0.4, 0.5) is 0 Å². The number of nitrogens with one attached hydrogen (secondary N) is 1. The average Bonchev–Trinajstić information content (AvgIpc) is 3.03. The monoisotopic (exact) mass is 447 g/mol. The molecule has 4 unspecified atom stereocenters. The lowest BCUT2D eigenvalue weighted by Crippen LogP contribution is -2.25. The molecule has 0 heterocycles. The van der Waals surface area contributed by atoms with Crippen LogP contribution >= 0.6 is 38.5 Å². The molecule has 1 nitrogen and oxygen atoms in total. The van der Waals surface area contributed by atoms with Crippen LogP contribution in [-0.2, 0) is 0 Å². The summed E-state index contributed by atoms with van der Waals surface area (Å²) in [6.07, 6.45) is 7.29. The summed E-state index contributed by atoms with van der Waals surface area (Å²) in [5, 5.41) is 3.72. The van der Waals surface area contributed by atoms with Crippen LogP contribution in [0.3, 0.4) is 0 Å². The van der Waals surface area contributed by atoms with E-state index in [2.05, 4.69) is 69.0 Å². The van der Waals surface area contributed by atoms with Gasteiger partial charge >= 0.3 is 0 Å². The quantitative estimate of drug-likeness (QED) is 0.585. The maximum Gasteiger partial charge on any atom is 0.0334 e. The van der Waals surface area contributed by atoms with E-state index in [0.29, 0.717) is 6.04 Å². The zero-order valence-corrected chi connectivity index (χ0v) is 15.8. The summed E-state index contributed by atoms with van der Waals surface area (Å²) in [5.74, 6) is 3.01. The summed E-state index contributed by atoms with van der Waals surface area (Å²) in [4.78, 5) is 0. The smallest absolute Gasteiger partial charge is 0.0334 e. The lowest BCUT2D eigenvalue weighted by Gasteiger charge is -2.28. The number of fused-ring (bicyclic) bond motifs is 2. The lowest BCUT2D eigenvalue weighted by atomic mass is 9.83. The Hall–Kier alpha value is 0.390. The van der Waals surface area contributed by atoms with E-state index >= 15 is 0 Å². The van der Waals surface area contributed by atoms with Gasteiger partial charge < -0.3 is 5.32 Å². The minimum Gasteiger partial charge on any atom is -0.310 e. The summed E-state index contributed by atoms with van der Waals surface area (Å²) in [6.45, 7) is 3.26. The molecule has 2 saturated carbocycles. The summed E-state index contributed by atoms with van der Waals surface area (Å²) >= 11 is 6.17. The van der Waals surface area contributed by atoms with E-state index in [1.165, 1.54) is 45.7 Å². The molecule has 2 aliphatic rings. The van der Waals surface area contributed by atoms with Gasteiger partial charge in [-0.05, 0) is 96.3 Å². The van der Waals surface area contributed by atoms with Crippen molar-refractivity contribution in [3.05, 3.63) is 31.8 Å². The molecule has 0 saturated heterocycles. The van der Waals surface area contributed by atoms with Crippen LogP contribution in [0.5, 0.6) is 0 Å². The van der Waals surface area contributed by atoms with Gasteiger partial charge in [-0.15, -0.1) is 0 Å². The molecule has 2 bridgehead atoms. The molecular weight excluding hydrogens is 425 g/mol. The summed E-state index contributed by atoms with van der Waals surface area (Å²) in [7, 11) is 0. The molecule has 2 aliphatic carbocycles. The number of hydrogen-bond donors (Lipinski definition) is 1. The Kier molecular flexibility index (Phi) is 5.09. The molecule has 20 heavy (non-hydrogen) atoms. The van der Waals surface area contributed by atoms with Crippen molar-refractivity contribution in [2.75, 3.05) is 6.54 Å². The highest BCUT2D eigenvalue weighted by atomic mass is 127. The average molecular weight is 448 g/mol. The lowest BCUT2D eigenvalue weighted by molar-refractivity contribution is 0.280. The molecule has 4 atom stereocenters. The second-order valence-corrected chi connectivity index (χ2v) is 8.55. The van der Waals surface area contributed by atoms with Crippen LogP contribution in [0.1, 0.15) is 50.6 Å². The third kappa shape index (κ3) is 3.25. The zero-order chi connectivity index (χ0) is 14.1. The van der Waals surface area contributed by atoms with E-state index in [4.69, 9.17) is 0 Å². The summed E-state index contributed by atoms with van der Waals surface area (Å²) in [6, 6.07) is 7.22. The maximum atomic E-state index is 3.75. The van der Waals surface area contributed by atoms with Gasteiger partial charge in [0.25, 0.3) is 0 Å². The molecule has 0 amide bonds. The molecule has 0 spiro atoms. The van der Waals surface area contributed by atoms with Gasteiger partial charge in [-0.3, -0.25) is 0 Å². The third-order valence-electron chi connectivity index (χ3n) is 5.21. The van der Waals surface area contributed by atoms with Crippen LogP contribution in [0.15, 0.2) is 22.7 Å². The number of hydrogen-bond acceptors (Lipinski definition) is 1. The standard InChI is InChI=1S/C17H23BrIN/c1-2-20-17(15-10-14(19)5-6-16(15)18)9-13-8-11-3-4-12(13)7-11/h5-6,10-13,17,20H,2-4,7-9H2,1H3. The molecule has 110 valence electrons. The Morgan fingerprint density at radius 3 is 2.85 bits per heavy atom. The van der Waals surface area contributed by atoms with Crippen LogP contribution in [0.25, 0.3) is 0 Å². The predicted octanol–water partition coefficient (Wildman–Crippen LogP) is 5.53. The molecule has 3 rings (SSSR count). The van der Waals surface area contributed by atoms with Crippen LogP contribution in [0, 0.1) is 21.3 Å². The molecule has 0 aromatic heterocycles. The highest BCUT2D eigenvalue weighted by molar-refractivity contribution is 14.1. The Morgan fingerprint density at radius 2 is 2.20 bits per heavy atom. The fraction of sp³-hybridized carbons (Fsp3) is 0.647. The van der Waals surface area contributed by atoms with Gasteiger partial charge in [-0.1, -0.05) is 29.3 Å². The van der Waals surface area contributed by atoms with Gasteiger partial charge in [-0.2, -0.15) is 0 Å². The number of rotatable bonds is 5. The molecule has 1 aromatic carbocycles. The third-order valence-corrected chi connectivity index (χ3v) is 6.60. The van der Waals surface area contributed by atoms with E-state index in [1.54, 1.807) is 0 Å². The van der Waals surface area contributed by atoms with Crippen molar-refractivity contribution in [2.24, 2.45) is 17.8 Å². The van der Waals surface area contributed by atoms with Gasteiger partial charge in [0.2, 0.25) is 0 Å². The van der Waals surface area contributed by atoms with E-state index < -0.39 is 0 Å². The Balaban J connectivity index is 1.76. The summed E-state index contributed by atoms with van der Waals surface area (Å²) in [5.41, 5.74) is 1.45.